The standard InChI is InChI=1S/C26H28FNO4.C24H26FNO3.C2H2O2.C2H6/c1-25(2,3)23-11-17-10-16(19(27)14-20(17)28(23)8-9-29)12-24(30)26(6-7-26)18-4-5-21-22(13-18)32-15-31-21;1-23(2,3)21-9-15-8-14(17(25)12-18(15)26-21)10-22(27)24(6-7-24)16-4-5-19-20(11-16)29-13-28-19;3-1-2-4;1-2/h4-5,10-11,13-14,29H,6-9,12,15H2,1-3H3;4-5,8,11-12,21,26H,6-7,9-10,13H2,1-3H3;1-2H;1-2H3. The number of rotatable bonds is 11. The second-order valence-electron chi connectivity index (χ2n) is 19.8. The van der Waals surface area contributed by atoms with Gasteiger partial charge in [-0.05, 0) is 114 Å². The first-order valence-electron chi connectivity index (χ1n) is 23.2. The van der Waals surface area contributed by atoms with Gasteiger partial charge in [0, 0.05) is 47.6 Å². The quantitative estimate of drug-likeness (QED) is 0.0972. The second kappa shape index (κ2) is 19.3. The van der Waals surface area contributed by atoms with Crippen molar-refractivity contribution in [3.63, 3.8) is 0 Å². The Hall–Kier alpha value is -6.08. The van der Waals surface area contributed by atoms with E-state index in [-0.39, 0.29) is 85.7 Å². The molecule has 1 atom stereocenters. The van der Waals surface area contributed by atoms with Gasteiger partial charge in [0.2, 0.25) is 13.6 Å². The molecule has 0 amide bonds. The molecule has 5 aliphatic rings. The topological polar surface area (TPSA) is 142 Å². The number of ketones is 2. The Morgan fingerprint density at radius 1 is 0.716 bits per heavy atom. The molecule has 2 aliphatic carbocycles. The zero-order valence-electron chi connectivity index (χ0n) is 39.8. The van der Waals surface area contributed by atoms with Crippen LogP contribution in [0.4, 0.5) is 14.5 Å². The van der Waals surface area contributed by atoms with E-state index in [1.54, 1.807) is 12.1 Å². The Labute approximate surface area is 391 Å². The molecule has 2 N–H and O–H groups in total. The van der Waals surface area contributed by atoms with Crippen molar-refractivity contribution in [1.29, 1.82) is 0 Å². The van der Waals surface area contributed by atoms with Crippen molar-refractivity contribution < 1.29 is 52.0 Å². The highest BCUT2D eigenvalue weighted by Gasteiger charge is 2.52. The van der Waals surface area contributed by atoms with E-state index in [0.29, 0.717) is 40.7 Å². The van der Waals surface area contributed by atoms with Gasteiger partial charge in [0.05, 0.1) is 23.0 Å². The van der Waals surface area contributed by atoms with E-state index in [1.807, 2.05) is 66.9 Å². The largest absolute Gasteiger partial charge is 0.454 e. The monoisotopic (exact) mass is 920 g/mol. The van der Waals surface area contributed by atoms with Crippen LogP contribution in [0.5, 0.6) is 23.0 Å². The summed E-state index contributed by atoms with van der Waals surface area (Å²) in [6.45, 7) is 17.6. The maximum atomic E-state index is 15.1. The number of nitrogens with zero attached hydrogens (tertiary/aromatic N) is 1. The molecule has 0 saturated heterocycles. The van der Waals surface area contributed by atoms with Crippen molar-refractivity contribution in [2.24, 2.45) is 5.41 Å². The number of nitrogens with one attached hydrogen (secondary N) is 1. The van der Waals surface area contributed by atoms with Crippen molar-refractivity contribution in [2.75, 3.05) is 25.5 Å². The van der Waals surface area contributed by atoms with Gasteiger partial charge in [0.25, 0.3) is 0 Å². The Bertz CT molecular complexity index is 2680. The third-order valence-electron chi connectivity index (χ3n) is 13.4. The van der Waals surface area contributed by atoms with Gasteiger partial charge in [-0.1, -0.05) is 73.6 Å². The molecule has 0 radical (unpaired) electrons. The first kappa shape index (κ1) is 48.8. The van der Waals surface area contributed by atoms with Gasteiger partial charge in [-0.2, -0.15) is 0 Å². The molecule has 0 bridgehead atoms. The van der Waals surface area contributed by atoms with Crippen LogP contribution in [0.15, 0.2) is 66.7 Å². The summed E-state index contributed by atoms with van der Waals surface area (Å²) in [4.78, 5) is 44.2. The highest BCUT2D eigenvalue weighted by Crippen LogP contribution is 2.53. The molecule has 11 nitrogen and oxygen atoms in total. The van der Waals surface area contributed by atoms with Crippen LogP contribution >= 0.6 is 0 Å². The number of hydrogen-bond donors (Lipinski definition) is 2. The van der Waals surface area contributed by atoms with Crippen LogP contribution in [0.25, 0.3) is 10.9 Å². The number of aliphatic hydroxyl groups is 1. The van der Waals surface area contributed by atoms with E-state index in [0.717, 1.165) is 71.1 Å². The summed E-state index contributed by atoms with van der Waals surface area (Å²) in [6, 6.07) is 20.4. The number of aliphatic hydroxyl groups excluding tert-OH is 1. The first-order valence-corrected chi connectivity index (χ1v) is 23.2. The summed E-state index contributed by atoms with van der Waals surface area (Å²) in [5.74, 6) is 2.16. The minimum Gasteiger partial charge on any atom is -0.454 e. The van der Waals surface area contributed by atoms with Crippen LogP contribution in [0.2, 0.25) is 0 Å². The van der Waals surface area contributed by atoms with Crippen LogP contribution in [-0.4, -0.2) is 60.0 Å². The van der Waals surface area contributed by atoms with Gasteiger partial charge >= 0.3 is 0 Å². The molecule has 2 fully saturated rings. The van der Waals surface area contributed by atoms with Crippen LogP contribution in [0.1, 0.15) is 115 Å². The number of aromatic nitrogens is 1. The van der Waals surface area contributed by atoms with E-state index in [1.165, 1.54) is 6.07 Å². The summed E-state index contributed by atoms with van der Waals surface area (Å²) < 4.78 is 53.6. The third-order valence-corrected chi connectivity index (χ3v) is 13.4. The summed E-state index contributed by atoms with van der Waals surface area (Å²) in [7, 11) is 0. The fraction of sp³-hybridized carbons (Fsp3) is 0.444. The van der Waals surface area contributed by atoms with Crippen LogP contribution in [-0.2, 0) is 61.2 Å². The van der Waals surface area contributed by atoms with E-state index in [9.17, 15) is 19.1 Å². The number of benzene rings is 4. The number of fused-ring (bicyclic) bond motifs is 4. The van der Waals surface area contributed by atoms with E-state index < -0.39 is 10.8 Å². The SMILES string of the molecule is CC.CC(C)(C)C1Cc2cc(CC(=O)C3(c4ccc5c(c4)OCO5)CC3)c(F)cc2N1.CC(C)(C)c1cc2cc(CC(=O)C3(c4ccc5c(c4)OCO5)CC3)c(F)cc2n1CCO.O=CC=O. The molecular formula is C54H62F2N2O9. The molecule has 4 aromatic carbocycles. The van der Waals surface area contributed by atoms with Gasteiger partial charge in [-0.3, -0.25) is 19.2 Å². The number of carbonyl (C=O) groups is 4. The smallest absolute Gasteiger partial charge is 0.231 e. The Balaban J connectivity index is 0.000000179. The number of anilines is 1. The number of halogens is 2. The normalized spacial score (nSPS) is 17.3. The first-order chi connectivity index (χ1) is 31.9. The fourth-order valence-electron chi connectivity index (χ4n) is 9.30. The Morgan fingerprint density at radius 3 is 1.67 bits per heavy atom. The minimum absolute atomic E-state index is 0.0211. The third kappa shape index (κ3) is 9.98. The molecule has 5 aromatic rings. The fourth-order valence-corrected chi connectivity index (χ4v) is 9.30. The zero-order chi connectivity index (χ0) is 48.5. The summed E-state index contributed by atoms with van der Waals surface area (Å²) in [5.41, 5.74) is 5.35. The van der Waals surface area contributed by atoms with Gasteiger partial charge < -0.3 is 33.9 Å². The average molecular weight is 921 g/mol. The lowest BCUT2D eigenvalue weighted by Gasteiger charge is -2.27. The second-order valence-corrected chi connectivity index (χ2v) is 19.8. The number of aldehydes is 2. The lowest BCUT2D eigenvalue weighted by Crippen LogP contribution is -2.31. The number of hydrogen-bond acceptors (Lipinski definition) is 10. The van der Waals surface area contributed by atoms with Crippen LogP contribution in [0.3, 0.4) is 0 Å². The molecule has 4 heterocycles. The number of Topliss-reactive ketones (excluding diaryl/α,β-unsaturated/α-hetero) is 2. The van der Waals surface area contributed by atoms with E-state index in [2.05, 4.69) is 46.9 Å². The Morgan fingerprint density at radius 2 is 1.21 bits per heavy atom. The van der Waals surface area contributed by atoms with Gasteiger partial charge in [-0.15, -0.1) is 0 Å². The summed E-state index contributed by atoms with van der Waals surface area (Å²) >= 11 is 0. The van der Waals surface area contributed by atoms with Crippen molar-refractivity contribution in [3.8, 4) is 23.0 Å². The van der Waals surface area contributed by atoms with Gasteiger partial charge in [0.15, 0.2) is 35.6 Å². The molecule has 10 rings (SSSR count). The van der Waals surface area contributed by atoms with Crippen molar-refractivity contribution in [2.45, 2.75) is 129 Å². The van der Waals surface area contributed by atoms with Crippen molar-refractivity contribution in [3.05, 3.63) is 112 Å². The van der Waals surface area contributed by atoms with Crippen LogP contribution < -0.4 is 24.3 Å². The van der Waals surface area contributed by atoms with Crippen molar-refractivity contribution in [1.82, 2.24) is 4.57 Å². The predicted octanol–water partition coefficient (Wildman–Crippen LogP) is 9.83. The summed E-state index contributed by atoms with van der Waals surface area (Å²) in [5, 5.41) is 13.8. The number of carbonyl (C=O) groups excluding carboxylic acids is 4. The molecular weight excluding hydrogens is 859 g/mol. The molecule has 356 valence electrons. The Kier molecular flexibility index (Phi) is 14.0. The van der Waals surface area contributed by atoms with Gasteiger partial charge in [0.1, 0.15) is 23.2 Å². The average Bonchev–Trinajstić information content (AvgIpc) is 4.04. The lowest BCUT2D eigenvalue weighted by molar-refractivity contribution is -0.122. The van der Waals surface area contributed by atoms with E-state index >= 15 is 4.39 Å². The molecule has 3 aliphatic heterocycles. The maximum absolute atomic E-state index is 15.1. The maximum Gasteiger partial charge on any atom is 0.231 e. The van der Waals surface area contributed by atoms with Crippen LogP contribution in [0, 0.1) is 17.0 Å². The molecule has 1 aromatic heterocycles. The van der Waals surface area contributed by atoms with E-state index in [4.69, 9.17) is 28.5 Å². The van der Waals surface area contributed by atoms with Crippen molar-refractivity contribution >= 4 is 40.7 Å². The molecule has 67 heavy (non-hydrogen) atoms. The van der Waals surface area contributed by atoms with Gasteiger partial charge in [-0.25, -0.2) is 8.78 Å². The highest BCUT2D eigenvalue weighted by atomic mass is 19.1. The minimum atomic E-state index is -0.568. The molecule has 1 unspecified atom stereocenters. The molecule has 13 heteroatoms. The number of ether oxygens (including phenoxy) is 4. The molecule has 2 saturated carbocycles. The highest BCUT2D eigenvalue weighted by molar-refractivity contribution is 6.09. The lowest BCUT2D eigenvalue weighted by atomic mass is 9.84. The zero-order valence-corrected chi connectivity index (χ0v) is 39.8. The predicted molar refractivity (Wildman–Crippen MR) is 253 cm³/mol. The molecule has 0 spiro atoms. The summed E-state index contributed by atoms with van der Waals surface area (Å²) in [6.07, 6.45) is 4.53.